The van der Waals surface area contributed by atoms with Crippen LogP contribution in [0.4, 0.5) is 0 Å². The molecule has 27 heavy (non-hydrogen) atoms. The Hall–Kier alpha value is -3.55. The molecule has 1 aromatic heterocycles. The van der Waals surface area contributed by atoms with Crippen LogP contribution in [0.5, 0.6) is 17.2 Å². The minimum absolute atomic E-state index is 0.119. The maximum Gasteiger partial charge on any atom is 0.261 e. The summed E-state index contributed by atoms with van der Waals surface area (Å²) in [7, 11) is 0. The summed E-state index contributed by atoms with van der Waals surface area (Å²) in [5.41, 5.74) is 0.821. The molecule has 4 rings (SSSR count). The van der Waals surface area contributed by atoms with Gasteiger partial charge in [-0.05, 0) is 31.2 Å². The Kier molecular flexibility index (Phi) is 4.61. The number of carbonyl (C=O) groups is 1. The van der Waals surface area contributed by atoms with E-state index in [1.165, 1.54) is 0 Å². The molecular weight excluding hydrogens is 350 g/mol. The lowest BCUT2D eigenvalue weighted by molar-refractivity contribution is -0.127. The van der Waals surface area contributed by atoms with Crippen molar-refractivity contribution in [2.45, 2.75) is 19.6 Å². The Labute approximate surface area is 155 Å². The standard InChI is InChI=1S/C19H17N3O5/c1-12(26-14-7-8-15-16(9-14)25-11-24-15)18(23)20-10-17-21-22-19(27-17)13-5-3-2-4-6-13/h2-9,12H,10-11H2,1H3,(H,20,23). The van der Waals surface area contributed by atoms with E-state index >= 15 is 0 Å². The van der Waals surface area contributed by atoms with Crippen molar-refractivity contribution in [1.82, 2.24) is 15.5 Å². The zero-order chi connectivity index (χ0) is 18.6. The van der Waals surface area contributed by atoms with Gasteiger partial charge in [0, 0.05) is 11.6 Å². The SMILES string of the molecule is CC(Oc1ccc2c(c1)OCO2)C(=O)NCc1nnc(-c2ccccc2)o1. The third-order valence-electron chi connectivity index (χ3n) is 3.93. The van der Waals surface area contributed by atoms with Gasteiger partial charge in [0.15, 0.2) is 17.6 Å². The molecule has 2 heterocycles. The summed E-state index contributed by atoms with van der Waals surface area (Å²) >= 11 is 0. The number of carbonyl (C=O) groups excluding carboxylic acids is 1. The molecule has 0 bridgehead atoms. The van der Waals surface area contributed by atoms with E-state index in [-0.39, 0.29) is 19.2 Å². The number of ether oxygens (including phenoxy) is 3. The van der Waals surface area contributed by atoms with Gasteiger partial charge in [0.25, 0.3) is 5.91 Å². The molecule has 0 radical (unpaired) electrons. The predicted octanol–water partition coefficient (Wildman–Crippen LogP) is 2.55. The summed E-state index contributed by atoms with van der Waals surface area (Å²) in [6.45, 7) is 1.96. The van der Waals surface area contributed by atoms with Crippen molar-refractivity contribution in [3.8, 4) is 28.7 Å². The molecule has 1 aliphatic heterocycles. The van der Waals surface area contributed by atoms with Crippen LogP contribution in [0.25, 0.3) is 11.5 Å². The van der Waals surface area contributed by atoms with Gasteiger partial charge < -0.3 is 23.9 Å². The van der Waals surface area contributed by atoms with Crippen LogP contribution >= 0.6 is 0 Å². The summed E-state index contributed by atoms with van der Waals surface area (Å²) in [6.07, 6.45) is -0.707. The molecule has 0 aliphatic carbocycles. The Balaban J connectivity index is 1.32. The number of amides is 1. The Bertz CT molecular complexity index is 942. The van der Waals surface area contributed by atoms with Crippen molar-refractivity contribution in [1.29, 1.82) is 0 Å². The maximum absolute atomic E-state index is 12.2. The summed E-state index contributed by atoms with van der Waals surface area (Å²) in [4.78, 5) is 12.2. The van der Waals surface area contributed by atoms with E-state index in [1.54, 1.807) is 25.1 Å². The second-order valence-electron chi connectivity index (χ2n) is 5.86. The second-order valence-corrected chi connectivity index (χ2v) is 5.86. The molecule has 1 atom stereocenters. The minimum Gasteiger partial charge on any atom is -0.481 e. The van der Waals surface area contributed by atoms with E-state index in [0.717, 1.165) is 5.56 Å². The first-order valence-corrected chi connectivity index (χ1v) is 8.41. The van der Waals surface area contributed by atoms with Gasteiger partial charge in [-0.15, -0.1) is 10.2 Å². The lowest BCUT2D eigenvalue weighted by Crippen LogP contribution is -2.36. The molecule has 0 saturated carbocycles. The van der Waals surface area contributed by atoms with Gasteiger partial charge in [0.2, 0.25) is 18.6 Å². The van der Waals surface area contributed by atoms with Gasteiger partial charge in [-0.1, -0.05) is 18.2 Å². The molecule has 2 aromatic carbocycles. The monoisotopic (exact) mass is 367 g/mol. The minimum atomic E-state index is -0.707. The third kappa shape index (κ3) is 3.84. The Morgan fingerprint density at radius 3 is 2.81 bits per heavy atom. The summed E-state index contributed by atoms with van der Waals surface area (Å²) < 4.78 is 21.8. The molecule has 8 heteroatoms. The van der Waals surface area contributed by atoms with Gasteiger partial charge in [0.05, 0.1) is 6.54 Å². The van der Waals surface area contributed by atoms with Crippen molar-refractivity contribution in [2.75, 3.05) is 6.79 Å². The van der Waals surface area contributed by atoms with E-state index in [0.29, 0.717) is 29.0 Å². The number of rotatable bonds is 6. The fourth-order valence-corrected chi connectivity index (χ4v) is 2.54. The van der Waals surface area contributed by atoms with Crippen molar-refractivity contribution in [3.05, 3.63) is 54.4 Å². The quantitative estimate of drug-likeness (QED) is 0.715. The molecule has 1 amide bonds. The maximum atomic E-state index is 12.2. The molecule has 8 nitrogen and oxygen atoms in total. The average molecular weight is 367 g/mol. The van der Waals surface area contributed by atoms with Crippen molar-refractivity contribution >= 4 is 5.91 Å². The van der Waals surface area contributed by atoms with E-state index in [2.05, 4.69) is 15.5 Å². The van der Waals surface area contributed by atoms with Crippen LogP contribution in [0.3, 0.4) is 0 Å². The molecule has 1 aliphatic rings. The predicted molar refractivity (Wildman–Crippen MR) is 94.2 cm³/mol. The first kappa shape index (κ1) is 16.9. The molecular formula is C19H17N3O5. The lowest BCUT2D eigenvalue weighted by atomic mass is 10.2. The number of hydrogen-bond acceptors (Lipinski definition) is 7. The van der Waals surface area contributed by atoms with Crippen LogP contribution in [0.2, 0.25) is 0 Å². The largest absolute Gasteiger partial charge is 0.481 e. The van der Waals surface area contributed by atoms with Gasteiger partial charge in [-0.2, -0.15) is 0 Å². The number of nitrogens with one attached hydrogen (secondary N) is 1. The van der Waals surface area contributed by atoms with Crippen molar-refractivity contribution in [3.63, 3.8) is 0 Å². The first-order chi connectivity index (χ1) is 13.2. The highest BCUT2D eigenvalue weighted by Crippen LogP contribution is 2.35. The highest BCUT2D eigenvalue weighted by molar-refractivity contribution is 5.80. The molecule has 0 fully saturated rings. The van der Waals surface area contributed by atoms with Crippen LogP contribution in [-0.4, -0.2) is 29.0 Å². The lowest BCUT2D eigenvalue weighted by Gasteiger charge is -2.14. The van der Waals surface area contributed by atoms with Crippen molar-refractivity contribution in [2.24, 2.45) is 0 Å². The number of fused-ring (bicyclic) bond motifs is 1. The summed E-state index contributed by atoms with van der Waals surface area (Å²) in [6, 6.07) is 14.6. The normalized spacial score (nSPS) is 13.2. The smallest absolute Gasteiger partial charge is 0.261 e. The topological polar surface area (TPSA) is 95.7 Å². The number of benzene rings is 2. The molecule has 3 aromatic rings. The average Bonchev–Trinajstić information content (AvgIpc) is 3.35. The van der Waals surface area contributed by atoms with E-state index in [9.17, 15) is 4.79 Å². The second kappa shape index (κ2) is 7.36. The van der Waals surface area contributed by atoms with Crippen LogP contribution in [0.1, 0.15) is 12.8 Å². The molecule has 138 valence electrons. The fourth-order valence-electron chi connectivity index (χ4n) is 2.54. The first-order valence-electron chi connectivity index (χ1n) is 8.41. The molecule has 1 N–H and O–H groups in total. The van der Waals surface area contributed by atoms with Crippen molar-refractivity contribution < 1.29 is 23.4 Å². The summed E-state index contributed by atoms with van der Waals surface area (Å²) in [5.74, 6) is 2.20. The van der Waals surface area contributed by atoms with Crippen LogP contribution < -0.4 is 19.5 Å². The fraction of sp³-hybridized carbons (Fsp3) is 0.211. The number of nitrogens with zero attached hydrogens (tertiary/aromatic N) is 2. The van der Waals surface area contributed by atoms with Gasteiger partial charge in [0.1, 0.15) is 5.75 Å². The molecule has 0 saturated heterocycles. The molecule has 0 spiro atoms. The highest BCUT2D eigenvalue weighted by atomic mass is 16.7. The number of aromatic nitrogens is 2. The highest BCUT2D eigenvalue weighted by Gasteiger charge is 2.19. The van der Waals surface area contributed by atoms with Crippen LogP contribution in [0, 0.1) is 0 Å². The Morgan fingerprint density at radius 2 is 1.96 bits per heavy atom. The van der Waals surface area contributed by atoms with Gasteiger partial charge >= 0.3 is 0 Å². The van der Waals surface area contributed by atoms with E-state index < -0.39 is 6.10 Å². The summed E-state index contributed by atoms with van der Waals surface area (Å²) in [5, 5.41) is 10.6. The third-order valence-corrected chi connectivity index (χ3v) is 3.93. The molecule has 1 unspecified atom stereocenters. The number of hydrogen-bond donors (Lipinski definition) is 1. The van der Waals surface area contributed by atoms with E-state index in [4.69, 9.17) is 18.6 Å². The van der Waals surface area contributed by atoms with E-state index in [1.807, 2.05) is 30.3 Å². The van der Waals surface area contributed by atoms with Gasteiger partial charge in [-0.3, -0.25) is 4.79 Å². The zero-order valence-electron chi connectivity index (χ0n) is 14.5. The Morgan fingerprint density at radius 1 is 1.15 bits per heavy atom. The zero-order valence-corrected chi connectivity index (χ0v) is 14.5. The van der Waals surface area contributed by atoms with Gasteiger partial charge in [-0.25, -0.2) is 0 Å². The van der Waals surface area contributed by atoms with Crippen LogP contribution in [-0.2, 0) is 11.3 Å². The van der Waals surface area contributed by atoms with Crippen LogP contribution in [0.15, 0.2) is 52.9 Å².